The van der Waals surface area contributed by atoms with Crippen LogP contribution in [0, 0.1) is 0 Å². The van der Waals surface area contributed by atoms with Crippen molar-refractivity contribution in [2.75, 3.05) is 5.32 Å². The van der Waals surface area contributed by atoms with E-state index in [0.29, 0.717) is 16.7 Å². The van der Waals surface area contributed by atoms with Gasteiger partial charge in [0.25, 0.3) is 0 Å². The number of benzene rings is 3. The number of nitrogens with zero attached hydrogens (tertiary/aromatic N) is 3. The van der Waals surface area contributed by atoms with Crippen LogP contribution in [-0.2, 0) is 10.2 Å². The van der Waals surface area contributed by atoms with Gasteiger partial charge in [0.05, 0.1) is 0 Å². The van der Waals surface area contributed by atoms with Gasteiger partial charge in [0.1, 0.15) is 0 Å². The van der Waals surface area contributed by atoms with Crippen LogP contribution in [0.2, 0.25) is 0 Å². The van der Waals surface area contributed by atoms with Gasteiger partial charge in [0.2, 0.25) is 0 Å². The fourth-order valence-electron chi connectivity index (χ4n) is 4.74. The predicted octanol–water partition coefficient (Wildman–Crippen LogP) is 3.85. The molecule has 0 bridgehead atoms. The van der Waals surface area contributed by atoms with Crippen LogP contribution < -0.4 is 9.78 Å². The van der Waals surface area contributed by atoms with E-state index < -0.39 is 11.6 Å². The second-order valence-corrected chi connectivity index (χ2v) is 11.7. The molecule has 0 spiro atoms. The Hall–Kier alpha value is -4.00. The number of fused-ring (bicyclic) bond motifs is 1. The number of carbonyl (C=O) groups is 2. The molecule has 8 heteroatoms. The third kappa shape index (κ3) is 4.28. The van der Waals surface area contributed by atoms with Gasteiger partial charge in [-0.2, -0.15) is 0 Å². The van der Waals surface area contributed by atoms with Crippen molar-refractivity contribution in [3.05, 3.63) is 108 Å². The number of Topliss-reactive ketones (excluding diaryl/α,β-unsaturated/α-hetero) is 2. The molecule has 1 unspecified atom stereocenters. The third-order valence-electron chi connectivity index (χ3n) is 6.58. The Balaban J connectivity index is 1.24. The van der Waals surface area contributed by atoms with Crippen LogP contribution in [0.4, 0.5) is 5.69 Å². The zero-order valence-electron chi connectivity index (χ0n) is 20.3. The second kappa shape index (κ2) is 9.14. The molecule has 1 aliphatic carbocycles. The second-order valence-electron chi connectivity index (χ2n) is 9.54. The van der Waals surface area contributed by atoms with Crippen molar-refractivity contribution in [1.29, 1.82) is 0 Å². The van der Waals surface area contributed by atoms with Crippen molar-refractivity contribution in [3.63, 3.8) is 0 Å². The van der Waals surface area contributed by atoms with Crippen LogP contribution in [0.15, 0.2) is 96.4 Å². The molecule has 0 saturated carbocycles. The number of carbonyl (C=O) groups excluding carboxylic acids is 2. The molecule has 0 amide bonds. The summed E-state index contributed by atoms with van der Waals surface area (Å²) in [6.07, 6.45) is 1.95. The molecular weight excluding hydrogens is 531 g/mol. The van der Waals surface area contributed by atoms with E-state index in [0.717, 1.165) is 22.4 Å². The number of nitrogens with one attached hydrogen (secondary N) is 1. The van der Waals surface area contributed by atoms with Gasteiger partial charge in [-0.1, -0.05) is 24.3 Å². The van der Waals surface area contributed by atoms with E-state index in [4.69, 9.17) is 4.74 Å². The molecule has 2 heterocycles. The molecule has 0 fully saturated rings. The summed E-state index contributed by atoms with van der Waals surface area (Å²) in [5, 5.41) is 12.2. The van der Waals surface area contributed by atoms with Crippen LogP contribution in [0.25, 0.3) is 11.3 Å². The maximum atomic E-state index is 13.4. The summed E-state index contributed by atoms with van der Waals surface area (Å²) in [4.78, 5) is 26.6. The van der Waals surface area contributed by atoms with Crippen molar-refractivity contribution >= 4 is 36.7 Å². The van der Waals surface area contributed by atoms with E-state index in [1.807, 2.05) is 67.2 Å². The van der Waals surface area contributed by atoms with Gasteiger partial charge in [-0.25, -0.2) is 0 Å². The average Bonchev–Trinajstić information content (AvgIpc) is 3.49. The number of anilines is 1. The normalized spacial score (nSPS) is 17.8. The van der Waals surface area contributed by atoms with Gasteiger partial charge in [-0.15, -0.1) is 0 Å². The van der Waals surface area contributed by atoms with Crippen LogP contribution in [0.3, 0.4) is 0 Å². The molecular formula is C29H24N4O3Se. The number of ketones is 2. The number of hydrogen-bond acceptors (Lipinski definition) is 6. The first-order valence-electron chi connectivity index (χ1n) is 12.0. The molecule has 4 aromatic rings. The summed E-state index contributed by atoms with van der Waals surface area (Å²) in [6, 6.07) is 24.6. The summed E-state index contributed by atoms with van der Waals surface area (Å²) in [5.74, 6) is -0.275. The van der Waals surface area contributed by atoms with Crippen molar-refractivity contribution in [1.82, 2.24) is 15.0 Å². The summed E-state index contributed by atoms with van der Waals surface area (Å²) in [7, 11) is 0. The van der Waals surface area contributed by atoms with Gasteiger partial charge >= 0.3 is 186 Å². The fraction of sp³-hybridized carbons (Fsp3) is 0.172. The van der Waals surface area contributed by atoms with Crippen LogP contribution in [-0.4, -0.2) is 53.2 Å². The molecule has 1 N–H and O–H groups in total. The topological polar surface area (TPSA) is 86.1 Å². The van der Waals surface area contributed by atoms with Gasteiger partial charge in [-0.05, 0) is 0 Å². The Morgan fingerprint density at radius 2 is 1.68 bits per heavy atom. The molecule has 1 atom stereocenters. The van der Waals surface area contributed by atoms with Gasteiger partial charge in [-0.3, -0.25) is 4.79 Å². The Kier molecular flexibility index (Phi) is 5.78. The molecule has 2 aliphatic rings. The minimum atomic E-state index is -0.795. The molecule has 1 aromatic heterocycles. The van der Waals surface area contributed by atoms with Crippen molar-refractivity contribution in [2.24, 2.45) is 0 Å². The molecule has 0 saturated heterocycles. The number of rotatable bonds is 6. The standard InChI is InChI=1S/C29H24N4O3Se/c1-29(2)28(24-25(34)21-13-6-7-14-22(21)26(35)27(24)36-29)30-19-10-8-9-18(15-19)23-16-33(32-31-23)17-37-20-11-4-3-5-12-20/h3-16,28,30H,17H2,1-2H3. The van der Waals surface area contributed by atoms with E-state index in [9.17, 15) is 9.59 Å². The third-order valence-corrected chi connectivity index (χ3v) is 8.67. The monoisotopic (exact) mass is 556 g/mol. The van der Waals surface area contributed by atoms with E-state index in [1.54, 1.807) is 24.3 Å². The van der Waals surface area contributed by atoms with E-state index in [1.165, 1.54) is 4.46 Å². The first-order chi connectivity index (χ1) is 17.9. The molecule has 6 rings (SSSR count). The summed E-state index contributed by atoms with van der Waals surface area (Å²) < 4.78 is 9.27. The minimum absolute atomic E-state index is 0.144. The molecule has 1 aliphatic heterocycles. The van der Waals surface area contributed by atoms with E-state index in [-0.39, 0.29) is 32.3 Å². The number of ether oxygens (including phenoxy) is 1. The SMILES string of the molecule is CC1(C)OC2=C(C(=O)c3ccccc3C2=O)C1Nc1cccc(-c2cn(C[Se]c3ccccc3)nn2)c1. The predicted molar refractivity (Wildman–Crippen MR) is 142 cm³/mol. The number of aromatic nitrogens is 3. The molecule has 0 radical (unpaired) electrons. The Bertz CT molecular complexity index is 1560. The first-order valence-corrected chi connectivity index (χ1v) is 14.0. The Morgan fingerprint density at radius 3 is 2.46 bits per heavy atom. The van der Waals surface area contributed by atoms with Gasteiger partial charge < -0.3 is 0 Å². The van der Waals surface area contributed by atoms with Crippen molar-refractivity contribution < 1.29 is 14.3 Å². The van der Waals surface area contributed by atoms with E-state index >= 15 is 0 Å². The van der Waals surface area contributed by atoms with Gasteiger partial charge in [0, 0.05) is 5.56 Å². The van der Waals surface area contributed by atoms with Crippen LogP contribution in [0.5, 0.6) is 0 Å². The molecule has 37 heavy (non-hydrogen) atoms. The van der Waals surface area contributed by atoms with Gasteiger partial charge in [0.15, 0.2) is 0 Å². The zero-order chi connectivity index (χ0) is 25.6. The zero-order valence-corrected chi connectivity index (χ0v) is 22.1. The van der Waals surface area contributed by atoms with Crippen LogP contribution in [0.1, 0.15) is 34.6 Å². The van der Waals surface area contributed by atoms with E-state index in [2.05, 4.69) is 27.8 Å². The quantitative estimate of drug-likeness (QED) is 0.364. The Morgan fingerprint density at radius 1 is 0.946 bits per heavy atom. The molecule has 7 nitrogen and oxygen atoms in total. The number of allylic oxidation sites excluding steroid dienone is 1. The molecule has 184 valence electrons. The fourth-order valence-corrected chi connectivity index (χ4v) is 6.33. The average molecular weight is 555 g/mol. The summed E-state index contributed by atoms with van der Waals surface area (Å²) >= 11 is 0.262. The first kappa shape index (κ1) is 23.4. The summed E-state index contributed by atoms with van der Waals surface area (Å²) in [6.45, 7) is 3.77. The maximum absolute atomic E-state index is 13.4. The summed E-state index contributed by atoms with van der Waals surface area (Å²) in [5.41, 5.74) is 3.67. The number of hydrogen-bond donors (Lipinski definition) is 1. The van der Waals surface area contributed by atoms with Crippen molar-refractivity contribution in [3.8, 4) is 11.3 Å². The Labute approximate surface area is 220 Å². The van der Waals surface area contributed by atoms with Crippen LogP contribution >= 0.6 is 0 Å². The van der Waals surface area contributed by atoms with Crippen molar-refractivity contribution in [2.45, 2.75) is 30.9 Å². The molecule has 3 aromatic carbocycles.